The molecule has 2 rings (SSSR count). The number of hydrogen-bond donors (Lipinski definition) is 1. The quantitative estimate of drug-likeness (QED) is 0.888. The van der Waals surface area contributed by atoms with Crippen LogP contribution in [0.15, 0.2) is 18.7 Å². The summed E-state index contributed by atoms with van der Waals surface area (Å²) in [5.74, 6) is 0.646. The molecule has 3 unspecified atom stereocenters. The minimum atomic E-state index is 0.220. The lowest BCUT2D eigenvalue weighted by Crippen LogP contribution is -2.49. The third-order valence-corrected chi connectivity index (χ3v) is 4.13. The lowest BCUT2D eigenvalue weighted by molar-refractivity contribution is 0.163. The highest BCUT2D eigenvalue weighted by molar-refractivity contribution is 4.88. The lowest BCUT2D eigenvalue weighted by Gasteiger charge is -2.35. The van der Waals surface area contributed by atoms with Crippen LogP contribution in [0.3, 0.4) is 0 Å². The molecule has 1 aliphatic rings. The average molecular weight is 265 g/mol. The molecule has 0 saturated carbocycles. The second-order valence-corrected chi connectivity index (χ2v) is 6.76. The van der Waals surface area contributed by atoms with E-state index in [4.69, 9.17) is 4.74 Å². The molecule has 4 nitrogen and oxygen atoms in total. The molecular formula is C15H27N3O. The molecule has 108 valence electrons. The predicted octanol–water partition coefficient (Wildman–Crippen LogP) is 2.31. The Morgan fingerprint density at radius 3 is 2.79 bits per heavy atom. The Morgan fingerprint density at radius 2 is 2.26 bits per heavy atom. The van der Waals surface area contributed by atoms with E-state index in [9.17, 15) is 0 Å². The third kappa shape index (κ3) is 4.05. The Labute approximate surface area is 116 Å². The molecular weight excluding hydrogens is 238 g/mol. The molecule has 0 spiro atoms. The van der Waals surface area contributed by atoms with Crippen molar-refractivity contribution in [1.82, 2.24) is 14.9 Å². The zero-order valence-corrected chi connectivity index (χ0v) is 12.6. The molecule has 1 N–H and O–H groups in total. The molecule has 1 aromatic heterocycles. The van der Waals surface area contributed by atoms with Gasteiger partial charge in [-0.15, -0.1) is 0 Å². The van der Waals surface area contributed by atoms with Gasteiger partial charge in [0.1, 0.15) is 0 Å². The normalized spacial score (nSPS) is 23.5. The molecule has 1 saturated heterocycles. The standard InChI is InChI=1S/C15H27N3O/c1-12(13-5-8-19-10-13)17-14(15(2,3)4)9-18-7-6-16-11-18/h6-7,11-14,17H,5,8-10H2,1-4H3. The summed E-state index contributed by atoms with van der Waals surface area (Å²) in [6, 6.07) is 0.924. The van der Waals surface area contributed by atoms with Gasteiger partial charge in [-0.25, -0.2) is 4.98 Å². The molecule has 4 heteroatoms. The highest BCUT2D eigenvalue weighted by atomic mass is 16.5. The fourth-order valence-electron chi connectivity index (χ4n) is 2.58. The van der Waals surface area contributed by atoms with E-state index in [0.717, 1.165) is 19.8 Å². The Balaban J connectivity index is 1.97. The minimum Gasteiger partial charge on any atom is -0.381 e. The molecule has 2 heterocycles. The van der Waals surface area contributed by atoms with E-state index >= 15 is 0 Å². The highest BCUT2D eigenvalue weighted by Crippen LogP contribution is 2.24. The van der Waals surface area contributed by atoms with Gasteiger partial charge in [-0.05, 0) is 24.7 Å². The largest absolute Gasteiger partial charge is 0.381 e. The number of imidazole rings is 1. The van der Waals surface area contributed by atoms with Crippen LogP contribution in [-0.2, 0) is 11.3 Å². The Kier molecular flexibility index (Phi) is 4.63. The van der Waals surface area contributed by atoms with Crippen LogP contribution in [0.25, 0.3) is 0 Å². The molecule has 0 aliphatic carbocycles. The zero-order valence-electron chi connectivity index (χ0n) is 12.6. The first-order valence-electron chi connectivity index (χ1n) is 7.26. The van der Waals surface area contributed by atoms with Gasteiger partial charge in [-0.2, -0.15) is 0 Å². The summed E-state index contributed by atoms with van der Waals surface area (Å²) in [5, 5.41) is 3.81. The zero-order chi connectivity index (χ0) is 13.9. The summed E-state index contributed by atoms with van der Waals surface area (Å²) in [5.41, 5.74) is 0.220. The van der Waals surface area contributed by atoms with Crippen molar-refractivity contribution in [3.8, 4) is 0 Å². The maximum Gasteiger partial charge on any atom is 0.0946 e. The van der Waals surface area contributed by atoms with Gasteiger partial charge in [0.05, 0.1) is 12.9 Å². The van der Waals surface area contributed by atoms with Crippen molar-refractivity contribution in [1.29, 1.82) is 0 Å². The smallest absolute Gasteiger partial charge is 0.0946 e. The maximum atomic E-state index is 5.50. The molecule has 3 atom stereocenters. The summed E-state index contributed by atoms with van der Waals surface area (Å²) in [6.07, 6.45) is 6.94. The molecule has 1 fully saturated rings. The van der Waals surface area contributed by atoms with Crippen LogP contribution < -0.4 is 5.32 Å². The minimum absolute atomic E-state index is 0.220. The van der Waals surface area contributed by atoms with E-state index in [2.05, 4.69) is 42.6 Å². The van der Waals surface area contributed by atoms with Crippen molar-refractivity contribution in [2.24, 2.45) is 11.3 Å². The first kappa shape index (κ1) is 14.5. The van der Waals surface area contributed by atoms with Crippen molar-refractivity contribution in [2.45, 2.75) is 52.7 Å². The van der Waals surface area contributed by atoms with E-state index in [1.807, 2.05) is 18.7 Å². The van der Waals surface area contributed by atoms with Crippen molar-refractivity contribution in [2.75, 3.05) is 13.2 Å². The summed E-state index contributed by atoms with van der Waals surface area (Å²) in [6.45, 7) is 11.9. The molecule has 0 aromatic carbocycles. The number of nitrogens with zero attached hydrogens (tertiary/aromatic N) is 2. The molecule has 0 amide bonds. The molecule has 1 aliphatic heterocycles. The van der Waals surface area contributed by atoms with Gasteiger partial charge < -0.3 is 14.6 Å². The van der Waals surface area contributed by atoms with Gasteiger partial charge in [-0.1, -0.05) is 20.8 Å². The highest BCUT2D eigenvalue weighted by Gasteiger charge is 2.30. The number of ether oxygens (including phenoxy) is 1. The van der Waals surface area contributed by atoms with Crippen LogP contribution >= 0.6 is 0 Å². The Hall–Kier alpha value is -0.870. The Morgan fingerprint density at radius 1 is 1.47 bits per heavy atom. The Bertz CT molecular complexity index is 363. The summed E-state index contributed by atoms with van der Waals surface area (Å²) < 4.78 is 7.65. The van der Waals surface area contributed by atoms with Crippen molar-refractivity contribution in [3.63, 3.8) is 0 Å². The number of hydrogen-bond acceptors (Lipinski definition) is 3. The van der Waals surface area contributed by atoms with Crippen molar-refractivity contribution < 1.29 is 4.74 Å². The molecule has 1 aromatic rings. The number of aromatic nitrogens is 2. The second-order valence-electron chi connectivity index (χ2n) is 6.76. The number of nitrogens with one attached hydrogen (secondary N) is 1. The number of rotatable bonds is 5. The monoisotopic (exact) mass is 265 g/mol. The van der Waals surface area contributed by atoms with Gasteiger partial charge >= 0.3 is 0 Å². The first-order chi connectivity index (χ1) is 8.97. The summed E-state index contributed by atoms with van der Waals surface area (Å²) >= 11 is 0. The fraction of sp³-hybridized carbons (Fsp3) is 0.800. The molecule has 0 radical (unpaired) electrons. The van der Waals surface area contributed by atoms with Crippen LogP contribution in [0.2, 0.25) is 0 Å². The average Bonchev–Trinajstić information content (AvgIpc) is 2.99. The van der Waals surface area contributed by atoms with Crippen LogP contribution in [0.1, 0.15) is 34.1 Å². The van der Waals surface area contributed by atoms with Gasteiger partial charge in [0.2, 0.25) is 0 Å². The van der Waals surface area contributed by atoms with E-state index in [1.165, 1.54) is 6.42 Å². The summed E-state index contributed by atoms with van der Waals surface area (Å²) in [7, 11) is 0. The van der Waals surface area contributed by atoms with Gasteiger partial charge in [0, 0.05) is 37.6 Å². The third-order valence-electron chi connectivity index (χ3n) is 4.13. The molecule has 19 heavy (non-hydrogen) atoms. The van der Waals surface area contributed by atoms with Crippen LogP contribution in [0, 0.1) is 11.3 Å². The van der Waals surface area contributed by atoms with E-state index < -0.39 is 0 Å². The van der Waals surface area contributed by atoms with Crippen LogP contribution in [0.4, 0.5) is 0 Å². The van der Waals surface area contributed by atoms with E-state index in [0.29, 0.717) is 18.0 Å². The van der Waals surface area contributed by atoms with Crippen molar-refractivity contribution >= 4 is 0 Å². The topological polar surface area (TPSA) is 39.1 Å². The SMILES string of the molecule is CC(NC(Cn1ccnc1)C(C)(C)C)C1CCOC1. The van der Waals surface area contributed by atoms with Gasteiger partial charge in [0.15, 0.2) is 0 Å². The molecule has 0 bridgehead atoms. The van der Waals surface area contributed by atoms with Gasteiger partial charge in [0.25, 0.3) is 0 Å². The van der Waals surface area contributed by atoms with Crippen molar-refractivity contribution in [3.05, 3.63) is 18.7 Å². The van der Waals surface area contributed by atoms with Crippen LogP contribution in [0.5, 0.6) is 0 Å². The predicted molar refractivity (Wildman–Crippen MR) is 77.0 cm³/mol. The van der Waals surface area contributed by atoms with Crippen LogP contribution in [-0.4, -0.2) is 34.8 Å². The van der Waals surface area contributed by atoms with E-state index in [-0.39, 0.29) is 5.41 Å². The fourth-order valence-corrected chi connectivity index (χ4v) is 2.58. The maximum absolute atomic E-state index is 5.50. The summed E-state index contributed by atoms with van der Waals surface area (Å²) in [4.78, 5) is 4.13. The first-order valence-corrected chi connectivity index (χ1v) is 7.26. The van der Waals surface area contributed by atoms with E-state index in [1.54, 1.807) is 0 Å². The lowest BCUT2D eigenvalue weighted by atomic mass is 9.85. The van der Waals surface area contributed by atoms with Gasteiger partial charge in [-0.3, -0.25) is 0 Å². The second kappa shape index (κ2) is 6.06.